The molecule has 92 valence electrons. The van der Waals surface area contributed by atoms with Crippen LogP contribution in [0, 0.1) is 24.0 Å². The van der Waals surface area contributed by atoms with E-state index in [9.17, 15) is 10.1 Å². The number of nitro groups is 1. The third-order valence-corrected chi connectivity index (χ3v) is 3.56. The minimum absolute atomic E-state index is 0.0485. The predicted octanol–water partition coefficient (Wildman–Crippen LogP) is 2.55. The molecule has 0 amide bonds. The fraction of sp³-hybridized carbons (Fsp3) is 0.538. The highest BCUT2D eigenvalue weighted by molar-refractivity contribution is 5.52. The Morgan fingerprint density at radius 3 is 2.82 bits per heavy atom. The molecule has 1 aromatic carbocycles. The van der Waals surface area contributed by atoms with E-state index in [4.69, 9.17) is 0 Å². The molecule has 0 radical (unpaired) electrons. The van der Waals surface area contributed by atoms with Gasteiger partial charge < -0.3 is 4.90 Å². The Labute approximate surface area is 101 Å². The van der Waals surface area contributed by atoms with E-state index in [0.717, 1.165) is 25.1 Å². The van der Waals surface area contributed by atoms with Gasteiger partial charge in [-0.15, -0.1) is 0 Å². The van der Waals surface area contributed by atoms with Gasteiger partial charge in [0.25, 0.3) is 0 Å². The zero-order chi connectivity index (χ0) is 12.4. The fourth-order valence-electron chi connectivity index (χ4n) is 2.44. The lowest BCUT2D eigenvalue weighted by molar-refractivity contribution is -0.482. The lowest BCUT2D eigenvalue weighted by Gasteiger charge is -2.24. The van der Waals surface area contributed by atoms with Crippen LogP contribution in [0.25, 0.3) is 0 Å². The van der Waals surface area contributed by atoms with Crippen molar-refractivity contribution < 1.29 is 4.92 Å². The van der Waals surface area contributed by atoms with E-state index in [-0.39, 0.29) is 17.5 Å². The van der Waals surface area contributed by atoms with Crippen LogP contribution >= 0.6 is 0 Å². The Morgan fingerprint density at radius 1 is 1.41 bits per heavy atom. The van der Waals surface area contributed by atoms with Crippen LogP contribution in [0.4, 0.5) is 5.69 Å². The molecule has 1 atom stereocenters. The molecule has 17 heavy (non-hydrogen) atoms. The van der Waals surface area contributed by atoms with Crippen LogP contribution in [0.5, 0.6) is 0 Å². The average molecular weight is 234 g/mol. The first-order valence-corrected chi connectivity index (χ1v) is 6.03. The molecule has 0 bridgehead atoms. The van der Waals surface area contributed by atoms with Crippen molar-refractivity contribution in [3.8, 4) is 0 Å². The maximum Gasteiger partial charge on any atom is 0.223 e. The molecular formula is C13H18N2O2. The van der Waals surface area contributed by atoms with E-state index in [1.54, 1.807) is 0 Å². The molecule has 1 aliphatic rings. The molecule has 1 fully saturated rings. The highest BCUT2D eigenvalue weighted by atomic mass is 16.6. The van der Waals surface area contributed by atoms with Crippen LogP contribution in [-0.2, 0) is 0 Å². The van der Waals surface area contributed by atoms with E-state index in [1.165, 1.54) is 11.1 Å². The van der Waals surface area contributed by atoms with E-state index in [2.05, 4.69) is 36.9 Å². The van der Waals surface area contributed by atoms with E-state index in [1.807, 2.05) is 0 Å². The highest BCUT2D eigenvalue weighted by Gasteiger charge is 2.28. The summed E-state index contributed by atoms with van der Waals surface area (Å²) in [6.45, 7) is 5.14. The van der Waals surface area contributed by atoms with Crippen molar-refractivity contribution in [3.05, 3.63) is 39.4 Å². The Hall–Kier alpha value is -1.58. The monoisotopic (exact) mass is 234 g/mol. The zero-order valence-corrected chi connectivity index (χ0v) is 10.3. The molecule has 0 spiro atoms. The second-order valence-electron chi connectivity index (χ2n) is 4.77. The van der Waals surface area contributed by atoms with Gasteiger partial charge in [-0.3, -0.25) is 10.1 Å². The SMILES string of the molecule is Cc1ccc(N2CCCC2C[N+](=O)[O-])cc1C. The van der Waals surface area contributed by atoms with Gasteiger partial charge in [-0.05, 0) is 49.9 Å². The smallest absolute Gasteiger partial charge is 0.223 e. The first kappa shape index (κ1) is 11.9. The van der Waals surface area contributed by atoms with E-state index >= 15 is 0 Å². The van der Waals surface area contributed by atoms with Crippen LogP contribution in [0.2, 0.25) is 0 Å². The van der Waals surface area contributed by atoms with Gasteiger partial charge in [0.1, 0.15) is 0 Å². The summed E-state index contributed by atoms with van der Waals surface area (Å²) < 4.78 is 0. The summed E-state index contributed by atoms with van der Waals surface area (Å²) in [6, 6.07) is 6.35. The molecular weight excluding hydrogens is 216 g/mol. The van der Waals surface area contributed by atoms with Gasteiger partial charge in [0.15, 0.2) is 0 Å². The lowest BCUT2D eigenvalue weighted by Crippen LogP contribution is -2.34. The number of anilines is 1. The van der Waals surface area contributed by atoms with Crippen LogP contribution in [-0.4, -0.2) is 24.1 Å². The molecule has 1 aromatic rings. The molecule has 0 aliphatic carbocycles. The molecule has 0 aromatic heterocycles. The number of rotatable bonds is 3. The van der Waals surface area contributed by atoms with Gasteiger partial charge in [0.2, 0.25) is 6.54 Å². The first-order valence-electron chi connectivity index (χ1n) is 6.03. The number of aryl methyl sites for hydroxylation is 2. The third-order valence-electron chi connectivity index (χ3n) is 3.56. The summed E-state index contributed by atoms with van der Waals surface area (Å²) in [5, 5.41) is 10.6. The average Bonchev–Trinajstić information content (AvgIpc) is 2.69. The normalized spacial score (nSPS) is 19.6. The Balaban J connectivity index is 2.20. The standard InChI is InChI=1S/C13H18N2O2/c1-10-5-6-12(8-11(10)2)14-7-3-4-13(14)9-15(16)17/h5-6,8,13H,3-4,7,9H2,1-2H3. The van der Waals surface area contributed by atoms with Crippen LogP contribution in [0.15, 0.2) is 18.2 Å². The molecule has 1 saturated heterocycles. The molecule has 1 aliphatic heterocycles. The Morgan fingerprint density at radius 2 is 2.18 bits per heavy atom. The van der Waals surface area contributed by atoms with Crippen LogP contribution < -0.4 is 4.90 Å². The molecule has 4 nitrogen and oxygen atoms in total. The van der Waals surface area contributed by atoms with Gasteiger partial charge >= 0.3 is 0 Å². The van der Waals surface area contributed by atoms with Crippen molar-refractivity contribution in [2.24, 2.45) is 0 Å². The molecule has 2 rings (SSSR count). The van der Waals surface area contributed by atoms with Crippen LogP contribution in [0.1, 0.15) is 24.0 Å². The molecule has 0 saturated carbocycles. The van der Waals surface area contributed by atoms with Gasteiger partial charge in [-0.2, -0.15) is 0 Å². The van der Waals surface area contributed by atoms with E-state index < -0.39 is 0 Å². The van der Waals surface area contributed by atoms with Crippen molar-refractivity contribution >= 4 is 5.69 Å². The zero-order valence-electron chi connectivity index (χ0n) is 10.3. The van der Waals surface area contributed by atoms with Crippen molar-refractivity contribution in [1.82, 2.24) is 0 Å². The van der Waals surface area contributed by atoms with Gasteiger partial charge in [0, 0.05) is 17.2 Å². The quantitative estimate of drug-likeness (QED) is 0.596. The number of benzene rings is 1. The molecule has 1 unspecified atom stereocenters. The van der Waals surface area contributed by atoms with E-state index in [0.29, 0.717) is 0 Å². The summed E-state index contributed by atoms with van der Waals surface area (Å²) in [5.74, 6) is 0. The maximum atomic E-state index is 10.6. The number of hydrogen-bond donors (Lipinski definition) is 0. The van der Waals surface area contributed by atoms with Crippen molar-refractivity contribution in [1.29, 1.82) is 0 Å². The largest absolute Gasteiger partial charge is 0.362 e. The topological polar surface area (TPSA) is 46.4 Å². The number of nitrogens with zero attached hydrogens (tertiary/aromatic N) is 2. The summed E-state index contributed by atoms with van der Waals surface area (Å²) >= 11 is 0. The second-order valence-corrected chi connectivity index (χ2v) is 4.77. The maximum absolute atomic E-state index is 10.6. The molecule has 4 heteroatoms. The van der Waals surface area contributed by atoms with Gasteiger partial charge in [-0.1, -0.05) is 6.07 Å². The molecule has 1 heterocycles. The second kappa shape index (κ2) is 4.73. The summed E-state index contributed by atoms with van der Waals surface area (Å²) in [7, 11) is 0. The third kappa shape index (κ3) is 2.57. The lowest BCUT2D eigenvalue weighted by atomic mass is 10.1. The van der Waals surface area contributed by atoms with Crippen LogP contribution in [0.3, 0.4) is 0 Å². The highest BCUT2D eigenvalue weighted by Crippen LogP contribution is 2.27. The van der Waals surface area contributed by atoms with Gasteiger partial charge in [0.05, 0.1) is 6.04 Å². The summed E-state index contributed by atoms with van der Waals surface area (Å²) in [5.41, 5.74) is 3.63. The van der Waals surface area contributed by atoms with Gasteiger partial charge in [-0.25, -0.2) is 0 Å². The Kier molecular flexibility index (Phi) is 3.31. The molecule has 0 N–H and O–H groups in total. The van der Waals surface area contributed by atoms with Crippen molar-refractivity contribution in [2.45, 2.75) is 32.7 Å². The Bertz CT molecular complexity index is 431. The summed E-state index contributed by atoms with van der Waals surface area (Å²) in [6.07, 6.45) is 1.97. The minimum atomic E-state index is -0.204. The number of hydrogen-bond acceptors (Lipinski definition) is 3. The van der Waals surface area contributed by atoms with Crippen molar-refractivity contribution in [2.75, 3.05) is 18.0 Å². The summed E-state index contributed by atoms with van der Waals surface area (Å²) in [4.78, 5) is 12.6. The predicted molar refractivity (Wildman–Crippen MR) is 68.1 cm³/mol. The van der Waals surface area contributed by atoms with Crippen molar-refractivity contribution in [3.63, 3.8) is 0 Å². The minimum Gasteiger partial charge on any atom is -0.362 e. The fourth-order valence-corrected chi connectivity index (χ4v) is 2.44. The first-order chi connectivity index (χ1) is 8.08.